The molecule has 0 aliphatic rings. The lowest BCUT2D eigenvalue weighted by Gasteiger charge is -2.10. The van der Waals surface area contributed by atoms with Gasteiger partial charge in [0.05, 0.1) is 11.6 Å². The summed E-state index contributed by atoms with van der Waals surface area (Å²) < 4.78 is 7.88. The number of aryl methyl sites for hydroxylation is 1. The molecule has 32 heavy (non-hydrogen) atoms. The van der Waals surface area contributed by atoms with Gasteiger partial charge in [-0.05, 0) is 48.9 Å². The molecule has 0 saturated carbocycles. The zero-order chi connectivity index (χ0) is 22.3. The minimum atomic E-state index is -0.217. The van der Waals surface area contributed by atoms with Gasteiger partial charge in [-0.3, -0.25) is 4.79 Å². The molecule has 4 rings (SSSR count). The summed E-state index contributed by atoms with van der Waals surface area (Å²) >= 11 is 0. The molecule has 1 N–H and O–H groups in total. The third kappa shape index (κ3) is 5.02. The highest BCUT2D eigenvalue weighted by atomic mass is 16.5. The first-order chi connectivity index (χ1) is 15.6. The zero-order valence-corrected chi connectivity index (χ0v) is 17.7. The fourth-order valence-electron chi connectivity index (χ4n) is 3.31. The topological polar surface area (TPSA) is 79.9 Å². The molecule has 6 nitrogen and oxygen atoms in total. The maximum Gasteiger partial charge on any atom is 0.255 e. The molecule has 6 heteroatoms. The van der Waals surface area contributed by atoms with Gasteiger partial charge in [-0.1, -0.05) is 36.4 Å². The van der Waals surface area contributed by atoms with Crippen LogP contribution < -0.4 is 10.1 Å². The fourth-order valence-corrected chi connectivity index (χ4v) is 3.31. The first-order valence-electron chi connectivity index (χ1n) is 10.2. The van der Waals surface area contributed by atoms with Crippen molar-refractivity contribution in [1.82, 2.24) is 9.55 Å². The number of aromatic nitrogens is 2. The highest BCUT2D eigenvalue weighted by molar-refractivity contribution is 6.04. The molecule has 1 amide bonds. The minimum absolute atomic E-state index is 0.217. The number of rotatable bonds is 7. The predicted molar refractivity (Wildman–Crippen MR) is 122 cm³/mol. The van der Waals surface area contributed by atoms with Gasteiger partial charge < -0.3 is 14.6 Å². The van der Waals surface area contributed by atoms with Crippen molar-refractivity contribution in [3.8, 4) is 11.8 Å². The van der Waals surface area contributed by atoms with E-state index >= 15 is 0 Å². The molecular formula is C26H22N4O2. The standard InChI is InChI=1S/C26H22N4O2/c1-19-28-13-14-30(19)17-20-9-11-24(12-10-20)29-26(31)21-7-4-8-25(15-21)32-18-23-6-3-2-5-22(23)16-27/h2-15H,17-18H2,1H3,(H,29,31). The van der Waals surface area contributed by atoms with Crippen molar-refractivity contribution < 1.29 is 9.53 Å². The average Bonchev–Trinajstić information content (AvgIpc) is 3.23. The Morgan fingerprint density at radius 1 is 1.09 bits per heavy atom. The lowest BCUT2D eigenvalue weighted by Crippen LogP contribution is -2.12. The van der Waals surface area contributed by atoms with Crippen LogP contribution in [0.3, 0.4) is 0 Å². The van der Waals surface area contributed by atoms with Crippen LogP contribution in [-0.2, 0) is 13.2 Å². The van der Waals surface area contributed by atoms with Crippen LogP contribution in [0.1, 0.15) is 32.9 Å². The van der Waals surface area contributed by atoms with E-state index < -0.39 is 0 Å². The lowest BCUT2D eigenvalue weighted by atomic mass is 10.1. The van der Waals surface area contributed by atoms with E-state index in [-0.39, 0.29) is 12.5 Å². The summed E-state index contributed by atoms with van der Waals surface area (Å²) in [7, 11) is 0. The third-order valence-corrected chi connectivity index (χ3v) is 5.12. The molecule has 0 spiro atoms. The molecule has 1 aromatic heterocycles. The molecule has 0 bridgehead atoms. The van der Waals surface area contributed by atoms with Crippen molar-refractivity contribution in [3.05, 3.63) is 113 Å². The molecule has 4 aromatic rings. The van der Waals surface area contributed by atoms with Gasteiger partial charge in [0.1, 0.15) is 18.2 Å². The van der Waals surface area contributed by atoms with Crippen LogP contribution in [0.2, 0.25) is 0 Å². The van der Waals surface area contributed by atoms with E-state index in [4.69, 9.17) is 4.74 Å². The van der Waals surface area contributed by atoms with E-state index in [1.54, 1.807) is 36.5 Å². The van der Waals surface area contributed by atoms with E-state index in [2.05, 4.69) is 20.9 Å². The summed E-state index contributed by atoms with van der Waals surface area (Å²) in [4.78, 5) is 16.9. The van der Waals surface area contributed by atoms with E-state index in [1.165, 1.54) is 0 Å². The summed E-state index contributed by atoms with van der Waals surface area (Å²) in [5, 5.41) is 12.1. The van der Waals surface area contributed by atoms with Crippen molar-refractivity contribution in [1.29, 1.82) is 5.26 Å². The Kier molecular flexibility index (Phi) is 6.28. The van der Waals surface area contributed by atoms with Gasteiger partial charge in [0.15, 0.2) is 0 Å². The molecule has 0 aliphatic heterocycles. The van der Waals surface area contributed by atoms with Gasteiger partial charge in [0, 0.05) is 35.8 Å². The molecule has 0 aliphatic carbocycles. The number of nitrogens with one attached hydrogen (secondary N) is 1. The Labute approximate surface area is 186 Å². The largest absolute Gasteiger partial charge is 0.489 e. The summed E-state index contributed by atoms with van der Waals surface area (Å²) in [5.41, 5.74) is 3.71. The first kappa shape index (κ1) is 20.9. The van der Waals surface area contributed by atoms with Crippen LogP contribution in [0.25, 0.3) is 0 Å². The number of anilines is 1. The lowest BCUT2D eigenvalue weighted by molar-refractivity contribution is 0.102. The Morgan fingerprint density at radius 2 is 1.91 bits per heavy atom. The van der Waals surface area contributed by atoms with E-state index in [0.717, 1.165) is 29.2 Å². The fraction of sp³-hybridized carbons (Fsp3) is 0.115. The number of hydrogen-bond donors (Lipinski definition) is 1. The summed E-state index contributed by atoms with van der Waals surface area (Å²) in [6.07, 6.45) is 3.73. The van der Waals surface area contributed by atoms with Crippen LogP contribution in [0, 0.1) is 18.3 Å². The van der Waals surface area contributed by atoms with Crippen molar-refractivity contribution in [2.24, 2.45) is 0 Å². The number of carbonyl (C=O) groups excluding carboxylic acids is 1. The number of nitrogens with zero attached hydrogens (tertiary/aromatic N) is 3. The number of benzene rings is 3. The Balaban J connectivity index is 1.38. The van der Waals surface area contributed by atoms with Crippen LogP contribution in [-0.4, -0.2) is 15.5 Å². The van der Waals surface area contributed by atoms with Crippen molar-refractivity contribution in [2.45, 2.75) is 20.1 Å². The van der Waals surface area contributed by atoms with Gasteiger partial charge >= 0.3 is 0 Å². The molecule has 0 fully saturated rings. The molecular weight excluding hydrogens is 400 g/mol. The number of carbonyl (C=O) groups is 1. The Bertz CT molecular complexity index is 1270. The van der Waals surface area contributed by atoms with E-state index in [9.17, 15) is 10.1 Å². The quantitative estimate of drug-likeness (QED) is 0.457. The van der Waals surface area contributed by atoms with E-state index in [0.29, 0.717) is 16.9 Å². The van der Waals surface area contributed by atoms with Crippen LogP contribution in [0.4, 0.5) is 5.69 Å². The van der Waals surface area contributed by atoms with Crippen LogP contribution in [0.15, 0.2) is 85.2 Å². The van der Waals surface area contributed by atoms with E-state index in [1.807, 2.05) is 55.6 Å². The number of hydrogen-bond acceptors (Lipinski definition) is 4. The summed E-state index contributed by atoms with van der Waals surface area (Å²) in [5.74, 6) is 1.31. The second-order valence-corrected chi connectivity index (χ2v) is 7.34. The van der Waals surface area contributed by atoms with Crippen LogP contribution in [0.5, 0.6) is 5.75 Å². The number of nitriles is 1. The van der Waals surface area contributed by atoms with Crippen LogP contribution >= 0.6 is 0 Å². The number of imidazole rings is 1. The number of amides is 1. The second kappa shape index (κ2) is 9.63. The molecule has 0 unspecified atom stereocenters. The van der Waals surface area contributed by atoms with Gasteiger partial charge in [-0.25, -0.2) is 4.98 Å². The maximum atomic E-state index is 12.7. The maximum absolute atomic E-state index is 12.7. The highest BCUT2D eigenvalue weighted by Gasteiger charge is 2.09. The molecule has 0 atom stereocenters. The minimum Gasteiger partial charge on any atom is -0.489 e. The second-order valence-electron chi connectivity index (χ2n) is 7.34. The van der Waals surface area contributed by atoms with Crippen molar-refractivity contribution >= 4 is 11.6 Å². The Morgan fingerprint density at radius 3 is 2.66 bits per heavy atom. The van der Waals surface area contributed by atoms with Crippen molar-refractivity contribution in [2.75, 3.05) is 5.32 Å². The summed E-state index contributed by atoms with van der Waals surface area (Å²) in [6, 6.07) is 24.2. The normalized spacial score (nSPS) is 10.4. The monoisotopic (exact) mass is 422 g/mol. The predicted octanol–water partition coefficient (Wildman–Crippen LogP) is 4.94. The molecule has 158 valence electrons. The van der Waals surface area contributed by atoms with Gasteiger partial charge in [-0.2, -0.15) is 5.26 Å². The van der Waals surface area contributed by atoms with Gasteiger partial charge in [0.2, 0.25) is 0 Å². The Hall–Kier alpha value is -4.37. The SMILES string of the molecule is Cc1nccn1Cc1ccc(NC(=O)c2cccc(OCc3ccccc3C#N)c2)cc1. The molecule has 0 radical (unpaired) electrons. The van der Waals surface area contributed by atoms with Gasteiger partial charge in [-0.15, -0.1) is 0 Å². The number of ether oxygens (including phenoxy) is 1. The molecule has 1 heterocycles. The van der Waals surface area contributed by atoms with Crippen molar-refractivity contribution in [3.63, 3.8) is 0 Å². The molecule has 3 aromatic carbocycles. The smallest absolute Gasteiger partial charge is 0.255 e. The summed E-state index contributed by atoms with van der Waals surface area (Å²) in [6.45, 7) is 2.95. The highest BCUT2D eigenvalue weighted by Crippen LogP contribution is 2.18. The zero-order valence-electron chi connectivity index (χ0n) is 17.7. The average molecular weight is 422 g/mol. The molecule has 0 saturated heterocycles. The van der Waals surface area contributed by atoms with Gasteiger partial charge in [0.25, 0.3) is 5.91 Å². The first-order valence-corrected chi connectivity index (χ1v) is 10.2. The third-order valence-electron chi connectivity index (χ3n) is 5.12.